The van der Waals surface area contributed by atoms with Gasteiger partial charge in [0.25, 0.3) is 0 Å². The number of hydrogen-bond donors (Lipinski definition) is 1. The van der Waals surface area contributed by atoms with Crippen LogP contribution in [0.3, 0.4) is 0 Å². The van der Waals surface area contributed by atoms with E-state index in [2.05, 4.69) is 16.1 Å². The molecular weight excluding hydrogens is 164 g/mol. The third-order valence-electron chi connectivity index (χ3n) is 3.38. The average molecular weight is 178 g/mol. The Labute approximate surface area is 77.3 Å². The van der Waals surface area contributed by atoms with Gasteiger partial charge in [0.1, 0.15) is 5.82 Å². The lowest BCUT2D eigenvalue weighted by molar-refractivity contribution is 0.688. The van der Waals surface area contributed by atoms with Gasteiger partial charge in [0.15, 0.2) is 0 Å². The Morgan fingerprint density at radius 2 is 2.15 bits per heavy atom. The second-order valence-corrected chi connectivity index (χ2v) is 4.12. The van der Waals surface area contributed by atoms with Crippen LogP contribution in [-0.2, 0) is 7.05 Å². The molecule has 4 nitrogen and oxygen atoms in total. The molecule has 2 aliphatic rings. The van der Waals surface area contributed by atoms with E-state index in [1.807, 2.05) is 17.9 Å². The predicted molar refractivity (Wildman–Crippen MR) is 50.4 cm³/mol. The Bertz CT molecular complexity index is 320. The number of anilines is 1. The lowest BCUT2D eigenvalue weighted by Gasteiger charge is -2.20. The van der Waals surface area contributed by atoms with Crippen LogP contribution in [0.5, 0.6) is 0 Å². The molecule has 2 N–H and O–H groups in total. The fourth-order valence-corrected chi connectivity index (χ4v) is 2.44. The Balaban J connectivity index is 1.80. The van der Waals surface area contributed by atoms with E-state index >= 15 is 0 Å². The Morgan fingerprint density at radius 1 is 1.46 bits per heavy atom. The van der Waals surface area contributed by atoms with Crippen molar-refractivity contribution in [3.05, 3.63) is 12.3 Å². The molecule has 4 heteroatoms. The van der Waals surface area contributed by atoms with Crippen LogP contribution in [0.4, 0.5) is 5.82 Å². The molecule has 70 valence electrons. The number of fused-ring (bicyclic) bond motifs is 1. The summed E-state index contributed by atoms with van der Waals surface area (Å²) in [4.78, 5) is 2.38. The third-order valence-corrected chi connectivity index (χ3v) is 3.38. The molecular formula is C9H14N4. The number of rotatable bonds is 1. The van der Waals surface area contributed by atoms with Gasteiger partial charge in [0, 0.05) is 32.2 Å². The van der Waals surface area contributed by atoms with Crippen LogP contribution >= 0.6 is 0 Å². The molecule has 1 aliphatic heterocycles. The van der Waals surface area contributed by atoms with E-state index in [4.69, 9.17) is 5.73 Å². The SMILES string of the molecule is Cn1nccc1N1CC2C(N)C2C1. The molecule has 2 unspecified atom stereocenters. The van der Waals surface area contributed by atoms with Crippen molar-refractivity contribution in [2.24, 2.45) is 24.6 Å². The van der Waals surface area contributed by atoms with Gasteiger partial charge < -0.3 is 10.6 Å². The van der Waals surface area contributed by atoms with Gasteiger partial charge in [-0.05, 0) is 11.8 Å². The topological polar surface area (TPSA) is 47.1 Å². The van der Waals surface area contributed by atoms with Crippen LogP contribution in [0, 0.1) is 11.8 Å². The Kier molecular flexibility index (Phi) is 1.28. The lowest BCUT2D eigenvalue weighted by atomic mass is 10.4. The van der Waals surface area contributed by atoms with Gasteiger partial charge in [0.2, 0.25) is 0 Å². The number of nitrogens with zero attached hydrogens (tertiary/aromatic N) is 3. The molecule has 0 aromatic carbocycles. The number of nitrogens with two attached hydrogens (primary N) is 1. The minimum absolute atomic E-state index is 0.476. The van der Waals surface area contributed by atoms with Crippen molar-refractivity contribution in [1.82, 2.24) is 9.78 Å². The van der Waals surface area contributed by atoms with Gasteiger partial charge in [-0.15, -0.1) is 0 Å². The van der Waals surface area contributed by atoms with E-state index in [1.165, 1.54) is 5.82 Å². The highest BCUT2D eigenvalue weighted by Crippen LogP contribution is 2.44. The molecule has 1 aromatic rings. The normalized spacial score (nSPS) is 36.5. The molecule has 2 fully saturated rings. The van der Waals surface area contributed by atoms with Gasteiger partial charge in [-0.1, -0.05) is 0 Å². The van der Waals surface area contributed by atoms with E-state index in [-0.39, 0.29) is 0 Å². The summed E-state index contributed by atoms with van der Waals surface area (Å²) < 4.78 is 1.93. The maximum absolute atomic E-state index is 5.88. The quantitative estimate of drug-likeness (QED) is 0.648. The van der Waals surface area contributed by atoms with E-state index < -0.39 is 0 Å². The third kappa shape index (κ3) is 0.920. The van der Waals surface area contributed by atoms with Crippen LogP contribution < -0.4 is 10.6 Å². The standard InChI is InChI=1S/C9H14N4/c1-12-8(2-3-11-12)13-4-6-7(5-13)9(6)10/h2-3,6-7,9H,4-5,10H2,1H3. The molecule has 1 saturated heterocycles. The summed E-state index contributed by atoms with van der Waals surface area (Å²) in [7, 11) is 1.99. The van der Waals surface area contributed by atoms with Crippen molar-refractivity contribution < 1.29 is 0 Å². The maximum atomic E-state index is 5.88. The highest BCUT2D eigenvalue weighted by atomic mass is 15.4. The summed E-state index contributed by atoms with van der Waals surface area (Å²) in [6.07, 6.45) is 1.85. The Hall–Kier alpha value is -1.03. The van der Waals surface area contributed by atoms with E-state index in [1.54, 1.807) is 0 Å². The number of hydrogen-bond acceptors (Lipinski definition) is 3. The predicted octanol–water partition coefficient (Wildman–Crippen LogP) is -0.187. The molecule has 13 heavy (non-hydrogen) atoms. The van der Waals surface area contributed by atoms with Gasteiger partial charge >= 0.3 is 0 Å². The smallest absolute Gasteiger partial charge is 0.126 e. The van der Waals surface area contributed by atoms with Crippen LogP contribution in [0.15, 0.2) is 12.3 Å². The first-order valence-electron chi connectivity index (χ1n) is 4.76. The summed E-state index contributed by atoms with van der Waals surface area (Å²) in [6, 6.07) is 2.54. The number of aromatic nitrogens is 2. The van der Waals surface area contributed by atoms with Crippen molar-refractivity contribution in [2.75, 3.05) is 18.0 Å². The monoisotopic (exact) mass is 178 g/mol. The van der Waals surface area contributed by atoms with Crippen molar-refractivity contribution in [2.45, 2.75) is 6.04 Å². The van der Waals surface area contributed by atoms with Gasteiger partial charge in [-0.2, -0.15) is 5.10 Å². The zero-order valence-corrected chi connectivity index (χ0v) is 7.72. The van der Waals surface area contributed by atoms with Crippen molar-refractivity contribution >= 4 is 5.82 Å². The fourth-order valence-electron chi connectivity index (χ4n) is 2.44. The molecule has 1 aromatic heterocycles. The van der Waals surface area contributed by atoms with Crippen LogP contribution in [-0.4, -0.2) is 28.9 Å². The molecule has 1 saturated carbocycles. The van der Waals surface area contributed by atoms with E-state index in [0.29, 0.717) is 6.04 Å². The number of piperidine rings is 1. The molecule has 0 spiro atoms. The second-order valence-electron chi connectivity index (χ2n) is 4.12. The number of aryl methyl sites for hydroxylation is 1. The highest BCUT2D eigenvalue weighted by molar-refractivity contribution is 5.42. The summed E-state index contributed by atoms with van der Waals surface area (Å²) in [5.74, 6) is 2.71. The van der Waals surface area contributed by atoms with Crippen LogP contribution in [0.25, 0.3) is 0 Å². The molecule has 0 amide bonds. The van der Waals surface area contributed by atoms with E-state index in [0.717, 1.165) is 24.9 Å². The first-order valence-corrected chi connectivity index (χ1v) is 4.76. The summed E-state index contributed by atoms with van der Waals surface area (Å²) in [5.41, 5.74) is 5.88. The van der Waals surface area contributed by atoms with Crippen LogP contribution in [0.2, 0.25) is 0 Å². The summed E-state index contributed by atoms with van der Waals surface area (Å²) in [6.45, 7) is 2.23. The van der Waals surface area contributed by atoms with Crippen molar-refractivity contribution in [1.29, 1.82) is 0 Å². The Morgan fingerprint density at radius 3 is 2.69 bits per heavy atom. The van der Waals surface area contributed by atoms with Crippen molar-refractivity contribution in [3.63, 3.8) is 0 Å². The minimum atomic E-state index is 0.476. The second kappa shape index (κ2) is 2.26. The largest absolute Gasteiger partial charge is 0.356 e. The molecule has 2 atom stereocenters. The minimum Gasteiger partial charge on any atom is -0.356 e. The zero-order valence-electron chi connectivity index (χ0n) is 7.72. The van der Waals surface area contributed by atoms with Gasteiger partial charge in [0.05, 0.1) is 6.20 Å². The summed E-state index contributed by atoms with van der Waals surface area (Å²) in [5, 5.41) is 4.16. The van der Waals surface area contributed by atoms with Crippen molar-refractivity contribution in [3.8, 4) is 0 Å². The zero-order chi connectivity index (χ0) is 9.00. The fraction of sp³-hybridized carbons (Fsp3) is 0.667. The molecule has 0 bridgehead atoms. The maximum Gasteiger partial charge on any atom is 0.126 e. The highest BCUT2D eigenvalue weighted by Gasteiger charge is 2.53. The molecule has 2 heterocycles. The van der Waals surface area contributed by atoms with Crippen LogP contribution in [0.1, 0.15) is 0 Å². The average Bonchev–Trinajstić information content (AvgIpc) is 2.61. The molecule has 3 rings (SSSR count). The molecule has 0 radical (unpaired) electrons. The van der Waals surface area contributed by atoms with Gasteiger partial charge in [-0.3, -0.25) is 4.68 Å². The van der Waals surface area contributed by atoms with E-state index in [9.17, 15) is 0 Å². The molecule has 1 aliphatic carbocycles. The lowest BCUT2D eigenvalue weighted by Crippen LogP contribution is -2.29. The van der Waals surface area contributed by atoms with Gasteiger partial charge in [-0.25, -0.2) is 0 Å². The summed E-state index contributed by atoms with van der Waals surface area (Å²) >= 11 is 0. The first kappa shape index (κ1) is 7.38. The first-order chi connectivity index (χ1) is 6.27.